The third kappa shape index (κ3) is 5.63. The lowest BCUT2D eigenvalue weighted by atomic mass is 10.0. The van der Waals surface area contributed by atoms with Gasteiger partial charge >= 0.3 is 6.18 Å². The molecule has 1 aromatic carbocycles. The van der Waals surface area contributed by atoms with E-state index in [0.717, 1.165) is 17.7 Å². The van der Waals surface area contributed by atoms with Crippen molar-refractivity contribution in [1.82, 2.24) is 5.32 Å². The van der Waals surface area contributed by atoms with Gasteiger partial charge < -0.3 is 15.2 Å². The van der Waals surface area contributed by atoms with E-state index in [-0.39, 0.29) is 6.04 Å². The van der Waals surface area contributed by atoms with Gasteiger partial charge in [-0.05, 0) is 43.9 Å². The van der Waals surface area contributed by atoms with Crippen molar-refractivity contribution in [3.05, 3.63) is 35.4 Å². The van der Waals surface area contributed by atoms with Crippen molar-refractivity contribution in [2.75, 3.05) is 0 Å². The van der Waals surface area contributed by atoms with E-state index >= 15 is 0 Å². The normalized spacial score (nSPS) is 13.1. The Morgan fingerprint density at radius 1 is 1.32 bits per heavy atom. The van der Waals surface area contributed by atoms with E-state index in [2.05, 4.69) is 5.32 Å². The van der Waals surface area contributed by atoms with Gasteiger partial charge in [0.1, 0.15) is 6.09 Å². The van der Waals surface area contributed by atoms with Crippen LogP contribution in [0, 0.1) is 0 Å². The number of carbonyl (C=O) groups is 1. The Kier molecular flexibility index (Phi) is 5.20. The number of alkyl halides is 3. The number of hydrogen-bond acceptors (Lipinski definition) is 2. The predicted molar refractivity (Wildman–Crippen MR) is 62.4 cm³/mol. The molecule has 0 aliphatic carbocycles. The summed E-state index contributed by atoms with van der Waals surface area (Å²) in [5.41, 5.74) is 0.136. The number of nitrogens with one attached hydrogen (secondary N) is 1. The molecule has 19 heavy (non-hydrogen) atoms. The van der Waals surface area contributed by atoms with Crippen LogP contribution >= 0.6 is 0 Å². The summed E-state index contributed by atoms with van der Waals surface area (Å²) in [6.45, 7) is 1.71. The molecule has 0 aliphatic heterocycles. The number of halogens is 3. The standard InChI is InChI=1S/C13H16F3NO2/c1-9(17-12(18)19)3-2-4-10-5-7-11(8-6-10)13(14,15)16/h5-9,17H,2-4H2,1H3,(H,18,19)/p-1. The number of rotatable bonds is 5. The Hall–Kier alpha value is -1.72. The summed E-state index contributed by atoms with van der Waals surface area (Å²) in [5.74, 6) is 0. The smallest absolute Gasteiger partial charge is 0.416 e. The third-order valence-corrected chi connectivity index (χ3v) is 2.75. The van der Waals surface area contributed by atoms with Gasteiger partial charge in [-0.2, -0.15) is 13.2 Å². The monoisotopic (exact) mass is 274 g/mol. The van der Waals surface area contributed by atoms with Gasteiger partial charge in [0.15, 0.2) is 0 Å². The van der Waals surface area contributed by atoms with Crippen molar-refractivity contribution in [3.63, 3.8) is 0 Å². The maximum atomic E-state index is 12.3. The highest BCUT2D eigenvalue weighted by molar-refractivity contribution is 5.62. The Labute approximate surface area is 109 Å². The summed E-state index contributed by atoms with van der Waals surface area (Å²) >= 11 is 0. The largest absolute Gasteiger partial charge is 0.530 e. The molecule has 0 radical (unpaired) electrons. The van der Waals surface area contributed by atoms with Gasteiger partial charge in [-0.25, -0.2) is 0 Å². The van der Waals surface area contributed by atoms with E-state index in [1.807, 2.05) is 0 Å². The van der Waals surface area contributed by atoms with Gasteiger partial charge in [0.25, 0.3) is 0 Å². The zero-order valence-electron chi connectivity index (χ0n) is 10.5. The average Bonchev–Trinajstić information content (AvgIpc) is 2.27. The number of carbonyl (C=O) groups excluding carboxylic acids is 1. The molecule has 0 aliphatic rings. The highest BCUT2D eigenvalue weighted by Crippen LogP contribution is 2.29. The summed E-state index contributed by atoms with van der Waals surface area (Å²) in [6, 6.07) is 4.77. The predicted octanol–water partition coefficient (Wildman–Crippen LogP) is 2.35. The molecule has 6 heteroatoms. The first-order valence-corrected chi connectivity index (χ1v) is 5.92. The molecule has 1 aromatic rings. The summed E-state index contributed by atoms with van der Waals surface area (Å²) in [6.07, 6.45) is -3.73. The molecule has 1 rings (SSSR count). The minimum atomic E-state index is -4.31. The molecule has 0 heterocycles. The van der Waals surface area contributed by atoms with Crippen LogP contribution < -0.4 is 10.4 Å². The van der Waals surface area contributed by atoms with Crippen molar-refractivity contribution in [1.29, 1.82) is 0 Å². The SMILES string of the molecule is CC(CCCc1ccc(C(F)(F)F)cc1)NC(=O)[O-]. The molecule has 0 fully saturated rings. The van der Waals surface area contributed by atoms with Crippen LogP contribution in [0.4, 0.5) is 18.0 Å². The van der Waals surface area contributed by atoms with Crippen LogP contribution in [-0.2, 0) is 12.6 Å². The summed E-state index contributed by atoms with van der Waals surface area (Å²) in [5, 5.41) is 12.5. The molecule has 0 spiro atoms. The lowest BCUT2D eigenvalue weighted by Gasteiger charge is -2.15. The number of hydrogen-bond donors (Lipinski definition) is 1. The first-order chi connectivity index (χ1) is 8.79. The zero-order chi connectivity index (χ0) is 14.5. The molecule has 0 aromatic heterocycles. The second kappa shape index (κ2) is 6.45. The number of aryl methyl sites for hydroxylation is 1. The van der Waals surface area contributed by atoms with Crippen molar-refractivity contribution in [2.24, 2.45) is 0 Å². The first-order valence-electron chi connectivity index (χ1n) is 5.92. The molecule has 3 nitrogen and oxygen atoms in total. The summed E-state index contributed by atoms with van der Waals surface area (Å²) < 4.78 is 37.0. The number of carboxylic acid groups (broad SMARTS) is 1. The van der Waals surface area contributed by atoms with E-state index in [9.17, 15) is 23.1 Å². The van der Waals surface area contributed by atoms with Crippen molar-refractivity contribution in [2.45, 2.75) is 38.4 Å². The fraction of sp³-hybridized carbons (Fsp3) is 0.462. The molecule has 1 amide bonds. The maximum absolute atomic E-state index is 12.3. The van der Waals surface area contributed by atoms with E-state index in [1.165, 1.54) is 12.1 Å². The number of amides is 1. The molecular formula is C13H15F3NO2-. The quantitative estimate of drug-likeness (QED) is 0.896. The van der Waals surface area contributed by atoms with E-state index < -0.39 is 17.8 Å². The minimum Gasteiger partial charge on any atom is -0.530 e. The fourth-order valence-electron chi connectivity index (χ4n) is 1.75. The van der Waals surface area contributed by atoms with Gasteiger partial charge in [0.05, 0.1) is 5.56 Å². The maximum Gasteiger partial charge on any atom is 0.416 e. The Morgan fingerprint density at radius 2 is 1.89 bits per heavy atom. The molecule has 0 saturated heterocycles. The van der Waals surface area contributed by atoms with Crippen LogP contribution in [0.25, 0.3) is 0 Å². The molecular weight excluding hydrogens is 259 g/mol. The van der Waals surface area contributed by atoms with Crippen LogP contribution in [0.5, 0.6) is 0 Å². The number of benzene rings is 1. The first kappa shape index (κ1) is 15.3. The van der Waals surface area contributed by atoms with Gasteiger partial charge in [-0.3, -0.25) is 0 Å². The van der Waals surface area contributed by atoms with Crippen LogP contribution in [0.2, 0.25) is 0 Å². The van der Waals surface area contributed by atoms with Gasteiger partial charge in [-0.1, -0.05) is 12.1 Å². The molecule has 1 N–H and O–H groups in total. The Balaban J connectivity index is 2.40. The van der Waals surface area contributed by atoms with Crippen LogP contribution in [0.3, 0.4) is 0 Å². The lowest BCUT2D eigenvalue weighted by molar-refractivity contribution is -0.251. The lowest BCUT2D eigenvalue weighted by Crippen LogP contribution is -2.41. The van der Waals surface area contributed by atoms with Gasteiger partial charge in [0.2, 0.25) is 0 Å². The van der Waals surface area contributed by atoms with Gasteiger partial charge in [0, 0.05) is 6.04 Å². The van der Waals surface area contributed by atoms with Crippen molar-refractivity contribution < 1.29 is 23.1 Å². The fourth-order valence-corrected chi connectivity index (χ4v) is 1.75. The minimum absolute atomic E-state index is 0.223. The van der Waals surface area contributed by atoms with Crippen LogP contribution in [0.15, 0.2) is 24.3 Å². The summed E-state index contributed by atoms with van der Waals surface area (Å²) in [4.78, 5) is 10.2. The van der Waals surface area contributed by atoms with Gasteiger partial charge in [-0.15, -0.1) is 0 Å². The van der Waals surface area contributed by atoms with Crippen LogP contribution in [-0.4, -0.2) is 12.1 Å². The van der Waals surface area contributed by atoms with Crippen LogP contribution in [0.1, 0.15) is 30.9 Å². The van der Waals surface area contributed by atoms with E-state index in [1.54, 1.807) is 6.92 Å². The topological polar surface area (TPSA) is 52.2 Å². The molecule has 0 bridgehead atoms. The Bertz CT molecular complexity index is 415. The Morgan fingerprint density at radius 3 is 2.37 bits per heavy atom. The summed E-state index contributed by atoms with van der Waals surface area (Å²) in [7, 11) is 0. The average molecular weight is 274 g/mol. The van der Waals surface area contributed by atoms with E-state index in [4.69, 9.17) is 0 Å². The molecule has 0 saturated carbocycles. The molecule has 106 valence electrons. The highest BCUT2D eigenvalue weighted by Gasteiger charge is 2.29. The second-order valence-corrected chi connectivity index (χ2v) is 4.42. The van der Waals surface area contributed by atoms with Crippen molar-refractivity contribution >= 4 is 6.09 Å². The highest BCUT2D eigenvalue weighted by atomic mass is 19.4. The zero-order valence-corrected chi connectivity index (χ0v) is 10.5. The second-order valence-electron chi connectivity index (χ2n) is 4.42. The van der Waals surface area contributed by atoms with Crippen molar-refractivity contribution in [3.8, 4) is 0 Å². The molecule has 1 unspecified atom stereocenters. The molecule has 1 atom stereocenters. The van der Waals surface area contributed by atoms with E-state index in [0.29, 0.717) is 19.3 Å². The third-order valence-electron chi connectivity index (χ3n) is 2.75.